The summed E-state index contributed by atoms with van der Waals surface area (Å²) in [6.07, 6.45) is 0. The van der Waals surface area contributed by atoms with Crippen molar-refractivity contribution in [2.45, 2.75) is 13.0 Å². The van der Waals surface area contributed by atoms with Crippen LogP contribution in [-0.2, 0) is 0 Å². The lowest BCUT2D eigenvalue weighted by Gasteiger charge is -2.08. The molecule has 1 atom stereocenters. The average molecular weight is 170 g/mol. The summed E-state index contributed by atoms with van der Waals surface area (Å²) < 4.78 is 0. The number of hydrogen-bond donors (Lipinski definition) is 2. The highest BCUT2D eigenvalue weighted by atomic mass is 32.1. The summed E-state index contributed by atoms with van der Waals surface area (Å²) in [5, 5.41) is 5.27. The van der Waals surface area contributed by atoms with E-state index in [-0.39, 0.29) is 6.04 Å². The van der Waals surface area contributed by atoms with Crippen molar-refractivity contribution in [1.29, 1.82) is 0 Å². The van der Waals surface area contributed by atoms with Crippen molar-refractivity contribution in [1.82, 2.24) is 5.32 Å². The van der Waals surface area contributed by atoms with Gasteiger partial charge in [0.2, 0.25) is 0 Å². The number of hydrogen-bond acceptors (Lipinski definition) is 3. The van der Waals surface area contributed by atoms with Gasteiger partial charge >= 0.3 is 0 Å². The molecule has 1 rings (SSSR count). The fraction of sp³-hybridized carbons (Fsp3) is 0.500. The number of nitrogens with two attached hydrogens (primary N) is 1. The second-order valence-corrected chi connectivity index (χ2v) is 3.41. The molecule has 0 bridgehead atoms. The van der Waals surface area contributed by atoms with Crippen molar-refractivity contribution in [3.63, 3.8) is 0 Å². The SMILES string of the molecule is CCNCC(N)c1cccs1. The van der Waals surface area contributed by atoms with E-state index in [1.165, 1.54) is 4.88 Å². The average Bonchev–Trinajstić information content (AvgIpc) is 2.52. The first-order valence-corrected chi connectivity index (χ1v) is 4.72. The van der Waals surface area contributed by atoms with Crippen molar-refractivity contribution in [2.24, 2.45) is 5.73 Å². The second-order valence-electron chi connectivity index (χ2n) is 2.43. The molecular formula is C8H14N2S. The summed E-state index contributed by atoms with van der Waals surface area (Å²) >= 11 is 1.72. The molecule has 0 saturated carbocycles. The number of thiophene rings is 1. The van der Waals surface area contributed by atoms with Crippen molar-refractivity contribution in [3.05, 3.63) is 22.4 Å². The van der Waals surface area contributed by atoms with E-state index < -0.39 is 0 Å². The first-order valence-electron chi connectivity index (χ1n) is 3.84. The molecule has 0 radical (unpaired) electrons. The molecule has 1 aromatic heterocycles. The van der Waals surface area contributed by atoms with Crippen LogP contribution >= 0.6 is 11.3 Å². The van der Waals surface area contributed by atoms with Crippen LogP contribution in [0, 0.1) is 0 Å². The monoisotopic (exact) mass is 170 g/mol. The molecule has 1 heterocycles. The van der Waals surface area contributed by atoms with Crippen molar-refractivity contribution >= 4 is 11.3 Å². The third-order valence-electron chi connectivity index (χ3n) is 1.52. The Bertz CT molecular complexity index is 184. The number of likely N-dealkylation sites (N-methyl/N-ethyl adjacent to an activating group) is 1. The Morgan fingerprint density at radius 1 is 1.73 bits per heavy atom. The third-order valence-corrected chi connectivity index (χ3v) is 2.53. The zero-order chi connectivity index (χ0) is 8.10. The van der Waals surface area contributed by atoms with Crippen molar-refractivity contribution in [2.75, 3.05) is 13.1 Å². The van der Waals surface area contributed by atoms with E-state index in [0.29, 0.717) is 0 Å². The van der Waals surface area contributed by atoms with E-state index in [2.05, 4.69) is 23.7 Å². The molecule has 0 fully saturated rings. The molecule has 0 spiro atoms. The van der Waals surface area contributed by atoms with Gasteiger partial charge in [0.15, 0.2) is 0 Å². The van der Waals surface area contributed by atoms with Crippen LogP contribution in [0.1, 0.15) is 17.8 Å². The van der Waals surface area contributed by atoms with Gasteiger partial charge in [0.25, 0.3) is 0 Å². The fourth-order valence-corrected chi connectivity index (χ4v) is 1.63. The quantitative estimate of drug-likeness (QED) is 0.716. The maximum atomic E-state index is 5.87. The van der Waals surface area contributed by atoms with Gasteiger partial charge in [0.1, 0.15) is 0 Å². The first kappa shape index (κ1) is 8.71. The summed E-state index contributed by atoms with van der Waals surface area (Å²) in [4.78, 5) is 1.26. The largest absolute Gasteiger partial charge is 0.322 e. The van der Waals surface area contributed by atoms with Crippen LogP contribution < -0.4 is 11.1 Å². The Hall–Kier alpha value is -0.380. The highest BCUT2D eigenvalue weighted by Crippen LogP contribution is 2.15. The second kappa shape index (κ2) is 4.49. The standard InChI is InChI=1S/C8H14N2S/c1-2-10-6-7(9)8-4-3-5-11-8/h3-5,7,10H,2,6,9H2,1H3. The Labute approximate surface area is 71.4 Å². The van der Waals surface area contributed by atoms with E-state index in [1.807, 2.05) is 6.07 Å². The normalized spacial score (nSPS) is 13.3. The Balaban J connectivity index is 2.36. The summed E-state index contributed by atoms with van der Waals surface area (Å²) in [6, 6.07) is 4.27. The maximum absolute atomic E-state index is 5.87. The van der Waals surface area contributed by atoms with Gasteiger partial charge in [-0.25, -0.2) is 0 Å². The highest BCUT2D eigenvalue weighted by Gasteiger charge is 2.04. The van der Waals surface area contributed by atoms with Crippen molar-refractivity contribution < 1.29 is 0 Å². The Kier molecular flexibility index (Phi) is 3.56. The minimum atomic E-state index is 0.162. The van der Waals surface area contributed by atoms with Gasteiger partial charge in [-0.2, -0.15) is 0 Å². The molecule has 2 nitrogen and oxygen atoms in total. The van der Waals surface area contributed by atoms with Crippen LogP contribution in [0.15, 0.2) is 17.5 Å². The minimum absolute atomic E-state index is 0.162. The smallest absolute Gasteiger partial charge is 0.0516 e. The van der Waals surface area contributed by atoms with Gasteiger partial charge < -0.3 is 11.1 Å². The van der Waals surface area contributed by atoms with Gasteiger partial charge in [0, 0.05) is 11.4 Å². The third kappa shape index (κ3) is 2.61. The van der Waals surface area contributed by atoms with E-state index in [1.54, 1.807) is 11.3 Å². The van der Waals surface area contributed by atoms with Crippen LogP contribution in [0.4, 0.5) is 0 Å². The number of rotatable bonds is 4. The molecule has 1 unspecified atom stereocenters. The molecule has 62 valence electrons. The fourth-order valence-electron chi connectivity index (χ4n) is 0.903. The molecule has 0 saturated heterocycles. The van der Waals surface area contributed by atoms with Gasteiger partial charge in [-0.1, -0.05) is 13.0 Å². The summed E-state index contributed by atoms with van der Waals surface area (Å²) in [6.45, 7) is 3.94. The lowest BCUT2D eigenvalue weighted by atomic mass is 10.2. The summed E-state index contributed by atoms with van der Waals surface area (Å²) in [7, 11) is 0. The first-order chi connectivity index (χ1) is 5.34. The molecule has 0 amide bonds. The summed E-state index contributed by atoms with van der Waals surface area (Å²) in [5.74, 6) is 0. The predicted molar refractivity (Wildman–Crippen MR) is 49.8 cm³/mol. The van der Waals surface area contributed by atoms with Gasteiger partial charge in [-0.3, -0.25) is 0 Å². The highest BCUT2D eigenvalue weighted by molar-refractivity contribution is 7.10. The Morgan fingerprint density at radius 2 is 2.55 bits per heavy atom. The molecule has 3 N–H and O–H groups in total. The van der Waals surface area contributed by atoms with Crippen LogP contribution in [0.2, 0.25) is 0 Å². The van der Waals surface area contributed by atoms with E-state index in [4.69, 9.17) is 5.73 Å². The molecule has 0 aliphatic heterocycles. The zero-order valence-corrected chi connectivity index (χ0v) is 7.53. The maximum Gasteiger partial charge on any atom is 0.0516 e. The molecule has 1 aromatic rings. The molecule has 3 heteroatoms. The lowest BCUT2D eigenvalue weighted by Crippen LogP contribution is -2.25. The van der Waals surface area contributed by atoms with E-state index >= 15 is 0 Å². The van der Waals surface area contributed by atoms with Gasteiger partial charge in [-0.05, 0) is 18.0 Å². The molecule has 0 aliphatic carbocycles. The van der Waals surface area contributed by atoms with Crippen molar-refractivity contribution in [3.8, 4) is 0 Å². The molecule has 11 heavy (non-hydrogen) atoms. The topological polar surface area (TPSA) is 38.0 Å². The van der Waals surface area contributed by atoms with Gasteiger partial charge in [0.05, 0.1) is 6.04 Å². The zero-order valence-electron chi connectivity index (χ0n) is 6.71. The lowest BCUT2D eigenvalue weighted by molar-refractivity contribution is 0.623. The molecule has 0 aromatic carbocycles. The Morgan fingerprint density at radius 3 is 3.09 bits per heavy atom. The van der Waals surface area contributed by atoms with Gasteiger partial charge in [-0.15, -0.1) is 11.3 Å². The van der Waals surface area contributed by atoms with Crippen LogP contribution in [-0.4, -0.2) is 13.1 Å². The minimum Gasteiger partial charge on any atom is -0.322 e. The van der Waals surface area contributed by atoms with Crippen LogP contribution in [0.25, 0.3) is 0 Å². The summed E-state index contributed by atoms with van der Waals surface area (Å²) in [5.41, 5.74) is 5.87. The molecule has 0 aliphatic rings. The van der Waals surface area contributed by atoms with Crippen LogP contribution in [0.5, 0.6) is 0 Å². The number of nitrogens with one attached hydrogen (secondary N) is 1. The van der Waals surface area contributed by atoms with E-state index in [0.717, 1.165) is 13.1 Å². The van der Waals surface area contributed by atoms with Crippen LogP contribution in [0.3, 0.4) is 0 Å². The molecular weight excluding hydrogens is 156 g/mol. The van der Waals surface area contributed by atoms with E-state index in [9.17, 15) is 0 Å². The predicted octanol–water partition coefficient (Wildman–Crippen LogP) is 1.36.